The number of aromatic nitrogens is 4. The maximum Gasteiger partial charge on any atom is 0.118 e. The van der Waals surface area contributed by atoms with Gasteiger partial charge in [-0.3, -0.25) is 0 Å². The van der Waals surface area contributed by atoms with Crippen molar-refractivity contribution in [3.8, 4) is 0 Å². The first-order valence-electron chi connectivity index (χ1n) is 6.48. The summed E-state index contributed by atoms with van der Waals surface area (Å²) < 4.78 is 3.14. The fourth-order valence-corrected chi connectivity index (χ4v) is 3.35. The second-order valence-corrected chi connectivity index (χ2v) is 5.78. The van der Waals surface area contributed by atoms with Crippen LogP contribution in [0.15, 0.2) is 48.5 Å². The number of nitrogens with zero attached hydrogens (tertiary/aromatic N) is 4. The summed E-state index contributed by atoms with van der Waals surface area (Å²) in [4.78, 5) is 4.71. The van der Waals surface area contributed by atoms with Gasteiger partial charge in [-0.25, -0.2) is 9.67 Å². The molecule has 0 amide bonds. The van der Waals surface area contributed by atoms with Gasteiger partial charge >= 0.3 is 0 Å². The zero-order chi connectivity index (χ0) is 13.5. The molecule has 2 heterocycles. The molecular formula is C15H12N4S. The zero-order valence-corrected chi connectivity index (χ0v) is 11.7. The standard InChI is InChI=1S/C15H12N4S/c1-10(15-16-12-7-3-5-9-14(12)20-15)19-13-8-4-2-6-11(13)17-18-19/h2-10H,1H3. The number of thiazole rings is 1. The fraction of sp³-hybridized carbons (Fsp3) is 0.133. The lowest BCUT2D eigenvalue weighted by atomic mass is 10.3. The van der Waals surface area contributed by atoms with Gasteiger partial charge in [0, 0.05) is 0 Å². The highest BCUT2D eigenvalue weighted by atomic mass is 32.1. The third kappa shape index (κ3) is 1.71. The van der Waals surface area contributed by atoms with Gasteiger partial charge in [0.2, 0.25) is 0 Å². The molecule has 98 valence electrons. The molecule has 1 unspecified atom stereocenters. The quantitative estimate of drug-likeness (QED) is 0.563. The Hall–Kier alpha value is -2.27. The minimum absolute atomic E-state index is 0.0831. The van der Waals surface area contributed by atoms with E-state index in [-0.39, 0.29) is 6.04 Å². The van der Waals surface area contributed by atoms with E-state index in [0.717, 1.165) is 21.6 Å². The number of fused-ring (bicyclic) bond motifs is 2. The van der Waals surface area contributed by atoms with Crippen molar-refractivity contribution < 1.29 is 0 Å². The van der Waals surface area contributed by atoms with Crippen LogP contribution in [0.4, 0.5) is 0 Å². The molecule has 2 aromatic carbocycles. The van der Waals surface area contributed by atoms with Crippen molar-refractivity contribution in [2.24, 2.45) is 0 Å². The lowest BCUT2D eigenvalue weighted by molar-refractivity contribution is 0.558. The Labute approximate surface area is 119 Å². The summed E-state index contributed by atoms with van der Waals surface area (Å²) in [6.45, 7) is 2.11. The predicted octanol–water partition coefficient (Wildman–Crippen LogP) is 3.65. The van der Waals surface area contributed by atoms with Gasteiger partial charge in [-0.05, 0) is 31.2 Å². The Balaban J connectivity index is 1.85. The molecule has 0 N–H and O–H groups in total. The van der Waals surface area contributed by atoms with Crippen LogP contribution >= 0.6 is 11.3 Å². The first kappa shape index (κ1) is 11.5. The van der Waals surface area contributed by atoms with E-state index in [2.05, 4.69) is 23.3 Å². The predicted molar refractivity (Wildman–Crippen MR) is 81.0 cm³/mol. The molecule has 4 rings (SSSR count). The van der Waals surface area contributed by atoms with E-state index in [1.54, 1.807) is 11.3 Å². The third-order valence-electron chi connectivity index (χ3n) is 3.41. The zero-order valence-electron chi connectivity index (χ0n) is 10.9. The van der Waals surface area contributed by atoms with E-state index in [1.165, 1.54) is 4.70 Å². The van der Waals surface area contributed by atoms with Gasteiger partial charge < -0.3 is 0 Å². The molecular weight excluding hydrogens is 268 g/mol. The van der Waals surface area contributed by atoms with Crippen molar-refractivity contribution >= 4 is 32.6 Å². The molecule has 5 heteroatoms. The highest BCUT2D eigenvalue weighted by Crippen LogP contribution is 2.29. The molecule has 0 radical (unpaired) electrons. The number of hydrogen-bond acceptors (Lipinski definition) is 4. The van der Waals surface area contributed by atoms with Gasteiger partial charge in [0.25, 0.3) is 0 Å². The molecule has 4 nitrogen and oxygen atoms in total. The van der Waals surface area contributed by atoms with Crippen molar-refractivity contribution in [3.63, 3.8) is 0 Å². The average Bonchev–Trinajstić information content (AvgIpc) is 3.10. The largest absolute Gasteiger partial charge is 0.239 e. The van der Waals surface area contributed by atoms with Gasteiger partial charge in [0.15, 0.2) is 0 Å². The van der Waals surface area contributed by atoms with Crippen molar-refractivity contribution in [2.45, 2.75) is 13.0 Å². The molecule has 0 saturated heterocycles. The fourth-order valence-electron chi connectivity index (χ4n) is 2.35. The SMILES string of the molecule is CC(c1nc2ccccc2s1)n1nnc2ccccc21. The van der Waals surface area contributed by atoms with Crippen molar-refractivity contribution in [1.29, 1.82) is 0 Å². The van der Waals surface area contributed by atoms with Gasteiger partial charge in [-0.1, -0.05) is 29.5 Å². The second kappa shape index (κ2) is 4.38. The molecule has 0 saturated carbocycles. The number of benzene rings is 2. The van der Waals surface area contributed by atoms with E-state index in [9.17, 15) is 0 Å². The first-order valence-corrected chi connectivity index (χ1v) is 7.30. The smallest absolute Gasteiger partial charge is 0.118 e. The summed E-state index contributed by atoms with van der Waals surface area (Å²) in [7, 11) is 0. The molecule has 2 aromatic heterocycles. The monoisotopic (exact) mass is 280 g/mol. The summed E-state index contributed by atoms with van der Waals surface area (Å²) in [6, 6.07) is 16.3. The van der Waals surface area contributed by atoms with Crippen LogP contribution in [-0.4, -0.2) is 20.0 Å². The highest BCUT2D eigenvalue weighted by Gasteiger charge is 2.16. The maximum atomic E-state index is 4.71. The molecule has 0 aliphatic rings. The van der Waals surface area contributed by atoms with Crippen LogP contribution < -0.4 is 0 Å². The van der Waals surface area contributed by atoms with Crippen molar-refractivity contribution in [1.82, 2.24) is 20.0 Å². The summed E-state index contributed by atoms with van der Waals surface area (Å²) in [5.74, 6) is 0. The highest BCUT2D eigenvalue weighted by molar-refractivity contribution is 7.18. The molecule has 0 fully saturated rings. The third-order valence-corrected chi connectivity index (χ3v) is 4.62. The van der Waals surface area contributed by atoms with Crippen molar-refractivity contribution in [3.05, 3.63) is 53.5 Å². The Morgan fingerprint density at radius 1 is 1.00 bits per heavy atom. The molecule has 4 aromatic rings. The average molecular weight is 280 g/mol. The summed E-state index contributed by atoms with van der Waals surface area (Å²) >= 11 is 1.71. The molecule has 20 heavy (non-hydrogen) atoms. The van der Waals surface area contributed by atoms with Crippen LogP contribution in [0.5, 0.6) is 0 Å². The molecule has 0 aliphatic carbocycles. The van der Waals surface area contributed by atoms with E-state index in [1.807, 2.05) is 47.1 Å². The Morgan fingerprint density at radius 2 is 1.75 bits per heavy atom. The van der Waals surface area contributed by atoms with E-state index >= 15 is 0 Å². The van der Waals surface area contributed by atoms with Gasteiger partial charge in [-0.15, -0.1) is 16.4 Å². The van der Waals surface area contributed by atoms with E-state index < -0.39 is 0 Å². The van der Waals surface area contributed by atoms with Crippen LogP contribution in [0.25, 0.3) is 21.3 Å². The molecule has 0 bridgehead atoms. The number of rotatable bonds is 2. The first-order chi connectivity index (χ1) is 9.83. The number of hydrogen-bond donors (Lipinski definition) is 0. The topological polar surface area (TPSA) is 43.6 Å². The van der Waals surface area contributed by atoms with Crippen LogP contribution in [0.1, 0.15) is 18.0 Å². The van der Waals surface area contributed by atoms with E-state index in [0.29, 0.717) is 0 Å². The van der Waals surface area contributed by atoms with Gasteiger partial charge in [-0.2, -0.15) is 0 Å². The summed E-state index contributed by atoms with van der Waals surface area (Å²) in [5.41, 5.74) is 3.00. The maximum absolute atomic E-state index is 4.71. The van der Waals surface area contributed by atoms with Gasteiger partial charge in [0.05, 0.1) is 15.7 Å². The van der Waals surface area contributed by atoms with E-state index in [4.69, 9.17) is 4.98 Å². The second-order valence-electron chi connectivity index (χ2n) is 4.72. The number of para-hydroxylation sites is 2. The van der Waals surface area contributed by atoms with Crippen molar-refractivity contribution in [2.75, 3.05) is 0 Å². The van der Waals surface area contributed by atoms with Gasteiger partial charge in [0.1, 0.15) is 16.6 Å². The molecule has 0 spiro atoms. The van der Waals surface area contributed by atoms with Crippen LogP contribution in [0.2, 0.25) is 0 Å². The minimum Gasteiger partial charge on any atom is -0.239 e. The Bertz CT molecular complexity index is 860. The Kier molecular flexibility index (Phi) is 2.53. The lowest BCUT2D eigenvalue weighted by Gasteiger charge is -2.08. The lowest BCUT2D eigenvalue weighted by Crippen LogP contribution is -2.08. The minimum atomic E-state index is 0.0831. The normalized spacial score (nSPS) is 13.1. The van der Waals surface area contributed by atoms with Crippen LogP contribution in [0.3, 0.4) is 0 Å². The summed E-state index contributed by atoms with van der Waals surface area (Å²) in [5, 5.41) is 9.54. The molecule has 0 aliphatic heterocycles. The molecule has 1 atom stereocenters. The van der Waals surface area contributed by atoms with Crippen LogP contribution in [-0.2, 0) is 0 Å². The Morgan fingerprint density at radius 3 is 2.60 bits per heavy atom. The summed E-state index contributed by atoms with van der Waals surface area (Å²) in [6.07, 6.45) is 0. The van der Waals surface area contributed by atoms with Crippen LogP contribution in [0, 0.1) is 0 Å².